The summed E-state index contributed by atoms with van der Waals surface area (Å²) in [6, 6.07) is 0. The first-order valence-corrected chi connectivity index (χ1v) is 6.32. The molecule has 1 fully saturated rings. The van der Waals surface area contributed by atoms with Crippen LogP contribution in [-0.4, -0.2) is 34.4 Å². The molecule has 0 aromatic rings. The van der Waals surface area contributed by atoms with Crippen LogP contribution in [0.5, 0.6) is 0 Å². The van der Waals surface area contributed by atoms with Gasteiger partial charge in [0.1, 0.15) is 0 Å². The van der Waals surface area contributed by atoms with Gasteiger partial charge in [-0.15, -0.1) is 0 Å². The smallest absolute Gasteiger partial charge is 0.772 e. The molecule has 66 valence electrons. The summed E-state index contributed by atoms with van der Waals surface area (Å²) >= 11 is -2.10. The van der Waals surface area contributed by atoms with E-state index in [1.165, 1.54) is 0 Å². The molecule has 0 aromatic carbocycles. The van der Waals surface area contributed by atoms with Gasteiger partial charge in [0.05, 0.1) is 11.5 Å². The van der Waals surface area contributed by atoms with E-state index in [1.54, 1.807) is 0 Å². The standard InChI is InChI=1S/C5H10O4S2.Na/c6-10(7)3-5-1-2-11(8,9)4-5;/h5H,1-4H2,(H,6,7);/q;+1/p-1. The SMILES string of the molecule is O=S([O-])CC1CCS(=O)(=O)C1.[Na+]. The van der Waals surface area contributed by atoms with Crippen LogP contribution in [0.1, 0.15) is 6.42 Å². The van der Waals surface area contributed by atoms with Crippen LogP contribution in [-0.2, 0) is 20.9 Å². The molecule has 0 spiro atoms. The fraction of sp³-hybridized carbons (Fsp3) is 1.00. The summed E-state index contributed by atoms with van der Waals surface area (Å²) in [5.74, 6) is 0.00746. The van der Waals surface area contributed by atoms with E-state index < -0.39 is 20.9 Å². The number of hydrogen-bond acceptors (Lipinski definition) is 4. The fourth-order valence-electron chi connectivity index (χ4n) is 1.20. The predicted molar refractivity (Wildman–Crippen MR) is 40.5 cm³/mol. The third-order valence-corrected chi connectivity index (χ3v) is 4.28. The minimum Gasteiger partial charge on any atom is -0.772 e. The Kier molecular flexibility index (Phi) is 5.52. The first kappa shape index (κ1) is 13.1. The Morgan fingerprint density at radius 2 is 2.08 bits per heavy atom. The van der Waals surface area contributed by atoms with E-state index >= 15 is 0 Å². The Morgan fingerprint density at radius 1 is 1.50 bits per heavy atom. The van der Waals surface area contributed by atoms with Crippen LogP contribution in [0, 0.1) is 5.92 Å². The third-order valence-electron chi connectivity index (χ3n) is 1.70. The minimum atomic E-state index is -2.91. The summed E-state index contributed by atoms with van der Waals surface area (Å²) in [6.07, 6.45) is 0.496. The van der Waals surface area contributed by atoms with Gasteiger partial charge >= 0.3 is 29.6 Å². The Bertz CT molecular complexity index is 261. The average Bonchev–Trinajstić information content (AvgIpc) is 2.08. The summed E-state index contributed by atoms with van der Waals surface area (Å²) < 4.78 is 42.0. The number of hydrogen-bond donors (Lipinski definition) is 0. The Morgan fingerprint density at radius 3 is 2.42 bits per heavy atom. The van der Waals surface area contributed by atoms with Gasteiger partial charge in [-0.3, -0.25) is 4.21 Å². The van der Waals surface area contributed by atoms with E-state index in [4.69, 9.17) is 0 Å². The topological polar surface area (TPSA) is 74.3 Å². The van der Waals surface area contributed by atoms with Crippen molar-refractivity contribution in [3.8, 4) is 0 Å². The first-order chi connectivity index (χ1) is 4.99. The van der Waals surface area contributed by atoms with Crippen molar-refractivity contribution in [1.29, 1.82) is 0 Å². The molecule has 7 heteroatoms. The second kappa shape index (κ2) is 5.07. The van der Waals surface area contributed by atoms with Crippen molar-refractivity contribution in [1.82, 2.24) is 0 Å². The molecule has 1 saturated heterocycles. The summed E-state index contributed by atoms with van der Waals surface area (Å²) in [7, 11) is -2.91. The van der Waals surface area contributed by atoms with Gasteiger partial charge in [-0.25, -0.2) is 8.42 Å². The van der Waals surface area contributed by atoms with Crippen molar-refractivity contribution in [3.05, 3.63) is 0 Å². The van der Waals surface area contributed by atoms with Gasteiger partial charge in [0, 0.05) is 5.75 Å². The molecule has 0 saturated carbocycles. The molecule has 1 rings (SSSR count). The summed E-state index contributed by atoms with van der Waals surface area (Å²) in [4.78, 5) is 0. The van der Waals surface area contributed by atoms with Crippen LogP contribution < -0.4 is 29.6 Å². The molecule has 1 aliphatic heterocycles. The molecule has 1 aliphatic rings. The molecule has 0 bridgehead atoms. The largest absolute Gasteiger partial charge is 1.00 e. The quantitative estimate of drug-likeness (QED) is 0.355. The molecule has 2 atom stereocenters. The van der Waals surface area contributed by atoms with Crippen molar-refractivity contribution in [2.24, 2.45) is 5.92 Å². The van der Waals surface area contributed by atoms with Gasteiger partial charge in [0.15, 0.2) is 9.84 Å². The van der Waals surface area contributed by atoms with Gasteiger partial charge in [0.25, 0.3) is 0 Å². The number of rotatable bonds is 2. The predicted octanol–water partition coefficient (Wildman–Crippen LogP) is -3.70. The molecule has 0 aliphatic carbocycles. The second-order valence-electron chi connectivity index (χ2n) is 2.74. The second-order valence-corrected chi connectivity index (χ2v) is 5.91. The van der Waals surface area contributed by atoms with Crippen LogP contribution in [0.25, 0.3) is 0 Å². The van der Waals surface area contributed by atoms with E-state index in [1.807, 2.05) is 0 Å². The summed E-state index contributed by atoms with van der Waals surface area (Å²) in [6.45, 7) is 0. The van der Waals surface area contributed by atoms with Gasteiger partial charge in [0.2, 0.25) is 0 Å². The summed E-state index contributed by atoms with van der Waals surface area (Å²) in [5, 5.41) is 0. The molecular formula is C5H9NaO4S2. The van der Waals surface area contributed by atoms with Crippen LogP contribution in [0.2, 0.25) is 0 Å². The maximum atomic E-state index is 10.8. The Hall–Kier alpha value is 1.06. The molecule has 1 heterocycles. The Balaban J connectivity index is 0.00000121. The van der Waals surface area contributed by atoms with Crippen molar-refractivity contribution < 1.29 is 46.7 Å². The van der Waals surface area contributed by atoms with E-state index in [-0.39, 0.29) is 52.7 Å². The van der Waals surface area contributed by atoms with E-state index in [0.29, 0.717) is 6.42 Å². The molecule has 0 amide bonds. The van der Waals surface area contributed by atoms with Gasteiger partial charge in [-0.1, -0.05) is 11.1 Å². The summed E-state index contributed by atoms with van der Waals surface area (Å²) in [5.41, 5.74) is 0. The van der Waals surface area contributed by atoms with Gasteiger partial charge < -0.3 is 4.55 Å². The zero-order chi connectivity index (χ0) is 8.48. The number of sulfone groups is 1. The van der Waals surface area contributed by atoms with Gasteiger partial charge in [-0.05, 0) is 12.3 Å². The molecule has 0 N–H and O–H groups in total. The first-order valence-electron chi connectivity index (χ1n) is 3.26. The normalized spacial score (nSPS) is 29.2. The third kappa shape index (κ3) is 4.34. The van der Waals surface area contributed by atoms with Crippen molar-refractivity contribution in [3.63, 3.8) is 0 Å². The molecule has 2 unspecified atom stereocenters. The molecule has 12 heavy (non-hydrogen) atoms. The average molecular weight is 220 g/mol. The Labute approximate surface area is 96.6 Å². The van der Waals surface area contributed by atoms with Gasteiger partial charge in [-0.2, -0.15) is 0 Å². The maximum absolute atomic E-state index is 10.8. The molecule has 0 radical (unpaired) electrons. The van der Waals surface area contributed by atoms with E-state index in [2.05, 4.69) is 0 Å². The van der Waals surface area contributed by atoms with Crippen molar-refractivity contribution in [2.75, 3.05) is 17.3 Å². The molecule has 0 aromatic heterocycles. The maximum Gasteiger partial charge on any atom is 1.00 e. The molecule has 4 nitrogen and oxygen atoms in total. The van der Waals surface area contributed by atoms with Crippen LogP contribution in [0.3, 0.4) is 0 Å². The van der Waals surface area contributed by atoms with Crippen LogP contribution in [0.15, 0.2) is 0 Å². The zero-order valence-corrected chi connectivity index (χ0v) is 10.5. The minimum absolute atomic E-state index is 0. The molecular weight excluding hydrogens is 211 g/mol. The fourth-order valence-corrected chi connectivity index (χ4v) is 3.88. The monoisotopic (exact) mass is 220 g/mol. The van der Waals surface area contributed by atoms with Crippen LogP contribution >= 0.6 is 0 Å². The van der Waals surface area contributed by atoms with Crippen LogP contribution in [0.4, 0.5) is 0 Å². The zero-order valence-electron chi connectivity index (χ0n) is 6.86. The van der Waals surface area contributed by atoms with E-state index in [0.717, 1.165) is 0 Å². The van der Waals surface area contributed by atoms with Crippen molar-refractivity contribution >= 4 is 20.9 Å². The van der Waals surface area contributed by atoms with E-state index in [9.17, 15) is 17.2 Å². The van der Waals surface area contributed by atoms with Crippen molar-refractivity contribution in [2.45, 2.75) is 6.42 Å².